The van der Waals surface area contributed by atoms with Gasteiger partial charge in [-0.2, -0.15) is 4.98 Å². The van der Waals surface area contributed by atoms with Crippen LogP contribution in [0.2, 0.25) is 0 Å². The smallest absolute Gasteiger partial charge is 0.258 e. The summed E-state index contributed by atoms with van der Waals surface area (Å²) in [5.74, 6) is -1.64. The Labute approximate surface area is 182 Å². The number of rotatable bonds is 6. The lowest BCUT2D eigenvalue weighted by Gasteiger charge is -2.23. The second kappa shape index (κ2) is 8.88. The number of amides is 2. The minimum Gasteiger partial charge on any atom is -0.494 e. The highest BCUT2D eigenvalue weighted by Gasteiger charge is 2.34. The van der Waals surface area contributed by atoms with Gasteiger partial charge in [-0.3, -0.25) is 19.4 Å². The Hall–Kier alpha value is -4.21. The van der Waals surface area contributed by atoms with Crippen molar-refractivity contribution < 1.29 is 18.7 Å². The molecule has 0 radical (unpaired) electrons. The maximum Gasteiger partial charge on any atom is 0.258 e. The molecule has 0 saturated heterocycles. The first kappa shape index (κ1) is 21.0. The maximum atomic E-state index is 13.1. The molecule has 2 amide bonds. The van der Waals surface area contributed by atoms with Crippen LogP contribution in [0.4, 0.5) is 27.5 Å². The van der Waals surface area contributed by atoms with E-state index in [0.717, 1.165) is 0 Å². The quantitative estimate of drug-likeness (QED) is 0.470. The Morgan fingerprint density at radius 1 is 1.12 bits per heavy atom. The van der Waals surface area contributed by atoms with Crippen LogP contribution < -0.4 is 26.2 Å². The Bertz CT molecular complexity index is 1210. The number of halogens is 1. The molecule has 32 heavy (non-hydrogen) atoms. The number of aromatic amines is 1. The van der Waals surface area contributed by atoms with Crippen LogP contribution in [-0.4, -0.2) is 28.4 Å². The lowest BCUT2D eigenvalue weighted by Crippen LogP contribution is -2.36. The van der Waals surface area contributed by atoms with Gasteiger partial charge in [0.2, 0.25) is 17.8 Å². The molecule has 9 nitrogen and oxygen atoms in total. The molecule has 4 N–H and O–H groups in total. The normalized spacial score (nSPS) is 14.8. The Morgan fingerprint density at radius 3 is 2.50 bits per heavy atom. The van der Waals surface area contributed by atoms with E-state index >= 15 is 0 Å². The molecule has 4 rings (SSSR count). The number of carbonyl (C=O) groups excluding carboxylic acids is 2. The monoisotopic (exact) mass is 437 g/mol. The first-order valence-electron chi connectivity index (χ1n) is 9.93. The van der Waals surface area contributed by atoms with Gasteiger partial charge in [0.25, 0.3) is 5.56 Å². The van der Waals surface area contributed by atoms with E-state index in [4.69, 9.17) is 4.74 Å². The van der Waals surface area contributed by atoms with Crippen LogP contribution in [0.25, 0.3) is 0 Å². The van der Waals surface area contributed by atoms with Crippen molar-refractivity contribution in [3.05, 3.63) is 70.3 Å². The number of fused-ring (bicyclic) bond motifs is 1. The van der Waals surface area contributed by atoms with E-state index in [-0.39, 0.29) is 23.8 Å². The van der Waals surface area contributed by atoms with Crippen molar-refractivity contribution in [3.8, 4) is 5.75 Å². The summed E-state index contributed by atoms with van der Waals surface area (Å²) < 4.78 is 18.5. The lowest BCUT2D eigenvalue weighted by atomic mass is 9.92. The van der Waals surface area contributed by atoms with E-state index in [9.17, 15) is 18.8 Å². The van der Waals surface area contributed by atoms with Gasteiger partial charge in [0.15, 0.2) is 0 Å². The summed E-state index contributed by atoms with van der Waals surface area (Å²) >= 11 is 0. The van der Waals surface area contributed by atoms with E-state index in [1.165, 1.54) is 24.3 Å². The molecule has 2 heterocycles. The number of aromatic nitrogens is 2. The molecule has 164 valence electrons. The molecule has 0 spiro atoms. The average molecular weight is 437 g/mol. The van der Waals surface area contributed by atoms with Gasteiger partial charge in [-0.05, 0) is 55.5 Å². The maximum absolute atomic E-state index is 13.1. The molecule has 1 aromatic heterocycles. The Kier molecular flexibility index (Phi) is 5.84. The van der Waals surface area contributed by atoms with Crippen molar-refractivity contribution in [1.82, 2.24) is 9.97 Å². The topological polar surface area (TPSA) is 125 Å². The first-order valence-corrected chi connectivity index (χ1v) is 9.93. The number of carbonyl (C=O) groups is 2. The fourth-order valence-electron chi connectivity index (χ4n) is 3.35. The summed E-state index contributed by atoms with van der Waals surface area (Å²) in [4.78, 5) is 44.7. The number of nitrogens with one attached hydrogen (secondary N) is 4. The van der Waals surface area contributed by atoms with Crippen molar-refractivity contribution in [2.24, 2.45) is 0 Å². The summed E-state index contributed by atoms with van der Waals surface area (Å²) in [7, 11) is 0. The summed E-state index contributed by atoms with van der Waals surface area (Å²) in [6.45, 7) is 2.39. The molecule has 1 atom stereocenters. The van der Waals surface area contributed by atoms with E-state index in [1.807, 2.05) is 6.92 Å². The number of nitrogens with zero attached hydrogens (tertiary/aromatic N) is 1. The summed E-state index contributed by atoms with van der Waals surface area (Å²) in [5, 5.41) is 8.10. The van der Waals surface area contributed by atoms with Gasteiger partial charge >= 0.3 is 0 Å². The number of hydrogen-bond donors (Lipinski definition) is 4. The third kappa shape index (κ3) is 4.59. The SMILES string of the molecule is CCOc1ccc(NC(=O)C2CC(=O)Nc3nc(Nc4ccc(F)cc4)[nH]c(=O)c32)cc1. The van der Waals surface area contributed by atoms with Crippen molar-refractivity contribution in [2.75, 3.05) is 22.6 Å². The molecule has 1 unspecified atom stereocenters. The molecule has 2 aromatic carbocycles. The summed E-state index contributed by atoms with van der Waals surface area (Å²) in [5.41, 5.74) is 0.496. The van der Waals surface area contributed by atoms with Gasteiger partial charge in [-0.15, -0.1) is 0 Å². The van der Waals surface area contributed by atoms with E-state index < -0.39 is 29.1 Å². The lowest BCUT2D eigenvalue weighted by molar-refractivity contribution is -0.123. The predicted octanol–water partition coefficient (Wildman–Crippen LogP) is 3.12. The number of ether oxygens (including phenoxy) is 1. The number of H-pyrrole nitrogens is 1. The van der Waals surface area contributed by atoms with E-state index in [0.29, 0.717) is 23.7 Å². The van der Waals surface area contributed by atoms with Crippen LogP contribution in [0.5, 0.6) is 5.75 Å². The van der Waals surface area contributed by atoms with Gasteiger partial charge in [0, 0.05) is 17.8 Å². The fourth-order valence-corrected chi connectivity index (χ4v) is 3.35. The highest BCUT2D eigenvalue weighted by Crippen LogP contribution is 2.30. The molecular weight excluding hydrogens is 417 g/mol. The van der Waals surface area contributed by atoms with Crippen molar-refractivity contribution in [1.29, 1.82) is 0 Å². The Morgan fingerprint density at radius 2 is 1.81 bits per heavy atom. The highest BCUT2D eigenvalue weighted by molar-refractivity contribution is 6.04. The summed E-state index contributed by atoms with van der Waals surface area (Å²) in [6, 6.07) is 12.2. The molecule has 0 saturated carbocycles. The van der Waals surface area contributed by atoms with Crippen LogP contribution in [0.3, 0.4) is 0 Å². The van der Waals surface area contributed by atoms with Gasteiger partial charge in [-0.1, -0.05) is 0 Å². The fraction of sp³-hybridized carbons (Fsp3) is 0.182. The highest BCUT2D eigenvalue weighted by atomic mass is 19.1. The third-order valence-corrected chi connectivity index (χ3v) is 4.81. The predicted molar refractivity (Wildman–Crippen MR) is 117 cm³/mol. The molecule has 3 aromatic rings. The Balaban J connectivity index is 1.57. The molecule has 0 fully saturated rings. The van der Waals surface area contributed by atoms with Crippen LogP contribution in [0.15, 0.2) is 53.3 Å². The van der Waals surface area contributed by atoms with Crippen molar-refractivity contribution in [2.45, 2.75) is 19.3 Å². The van der Waals surface area contributed by atoms with E-state index in [2.05, 4.69) is 25.9 Å². The van der Waals surface area contributed by atoms with Crippen molar-refractivity contribution in [3.63, 3.8) is 0 Å². The summed E-state index contributed by atoms with van der Waals surface area (Å²) in [6.07, 6.45) is -0.189. The number of benzene rings is 2. The molecule has 10 heteroatoms. The van der Waals surface area contributed by atoms with Gasteiger partial charge in [0.1, 0.15) is 17.4 Å². The third-order valence-electron chi connectivity index (χ3n) is 4.81. The van der Waals surface area contributed by atoms with Gasteiger partial charge in [-0.25, -0.2) is 4.39 Å². The van der Waals surface area contributed by atoms with Gasteiger partial charge in [0.05, 0.1) is 18.1 Å². The standard InChI is InChI=1S/C22H20FN5O4/c1-2-32-15-9-7-13(8-10-15)24-20(30)16-11-17(29)26-19-18(16)21(31)28-22(27-19)25-14-5-3-12(23)4-6-14/h3-10,16H,2,11H2,1H3,(H,24,30)(H3,25,26,27,28,29,31). The number of hydrogen-bond acceptors (Lipinski definition) is 6. The second-order valence-electron chi connectivity index (χ2n) is 7.06. The minimum atomic E-state index is -1.01. The second-order valence-corrected chi connectivity index (χ2v) is 7.06. The minimum absolute atomic E-state index is 0.00135. The van der Waals surface area contributed by atoms with Crippen LogP contribution >= 0.6 is 0 Å². The molecule has 1 aliphatic heterocycles. The van der Waals surface area contributed by atoms with Gasteiger partial charge < -0.3 is 20.7 Å². The van der Waals surface area contributed by atoms with Crippen molar-refractivity contribution >= 4 is 35.0 Å². The van der Waals surface area contributed by atoms with Crippen LogP contribution in [0, 0.1) is 5.82 Å². The molecular formula is C22H20FN5O4. The molecule has 1 aliphatic rings. The van der Waals surface area contributed by atoms with Crippen LogP contribution in [0.1, 0.15) is 24.8 Å². The van der Waals surface area contributed by atoms with E-state index in [1.54, 1.807) is 24.3 Å². The zero-order valence-corrected chi connectivity index (χ0v) is 17.1. The van der Waals surface area contributed by atoms with Crippen LogP contribution in [-0.2, 0) is 9.59 Å². The average Bonchev–Trinajstić information content (AvgIpc) is 2.76. The zero-order chi connectivity index (χ0) is 22.7. The first-order chi connectivity index (χ1) is 15.4. The zero-order valence-electron chi connectivity index (χ0n) is 17.1. The molecule has 0 aliphatic carbocycles. The number of anilines is 4. The molecule has 0 bridgehead atoms. The largest absolute Gasteiger partial charge is 0.494 e.